The van der Waals surface area contributed by atoms with Crippen molar-refractivity contribution in [3.63, 3.8) is 0 Å². The standard InChI is InChI=1S/C9H11IN6/c1-5(9-13-15-16-14-9)12-8-3-2-6(11)4-7(8)10/h2-5,12H,11H2,1H3,(H,13,14,15,16). The number of benzene rings is 1. The summed E-state index contributed by atoms with van der Waals surface area (Å²) in [5.74, 6) is 0.632. The molecule has 0 bridgehead atoms. The minimum atomic E-state index is -0.00381. The summed E-state index contributed by atoms with van der Waals surface area (Å²) in [5, 5.41) is 17.1. The van der Waals surface area contributed by atoms with Crippen LogP contribution in [0.15, 0.2) is 18.2 Å². The number of nitrogens with one attached hydrogen (secondary N) is 2. The van der Waals surface area contributed by atoms with Crippen LogP contribution in [-0.2, 0) is 0 Å². The molecule has 1 aromatic heterocycles. The van der Waals surface area contributed by atoms with E-state index in [1.165, 1.54) is 0 Å². The third kappa shape index (κ3) is 2.40. The summed E-state index contributed by atoms with van der Waals surface area (Å²) in [4.78, 5) is 0. The molecule has 1 atom stereocenters. The zero-order valence-corrected chi connectivity index (χ0v) is 10.8. The Labute approximate surface area is 106 Å². The SMILES string of the molecule is CC(Nc1ccc(N)cc1I)c1nn[nH]n1. The number of halogens is 1. The molecule has 0 radical (unpaired) electrons. The fraction of sp³-hybridized carbons (Fsp3) is 0.222. The second-order valence-electron chi connectivity index (χ2n) is 3.38. The van der Waals surface area contributed by atoms with E-state index in [0.29, 0.717) is 5.82 Å². The summed E-state index contributed by atoms with van der Waals surface area (Å²) < 4.78 is 1.06. The number of nitrogen functional groups attached to an aromatic ring is 1. The minimum absolute atomic E-state index is 0.00381. The van der Waals surface area contributed by atoms with E-state index in [0.717, 1.165) is 14.9 Å². The maximum Gasteiger partial charge on any atom is 0.196 e. The molecule has 0 saturated carbocycles. The maximum atomic E-state index is 5.68. The Morgan fingerprint density at radius 3 is 2.94 bits per heavy atom. The Bertz CT molecular complexity index is 469. The monoisotopic (exact) mass is 330 g/mol. The minimum Gasteiger partial charge on any atom is -0.399 e. The molecule has 1 unspecified atom stereocenters. The second kappa shape index (κ2) is 4.64. The van der Waals surface area contributed by atoms with Crippen LogP contribution in [0.3, 0.4) is 0 Å². The van der Waals surface area contributed by atoms with Crippen molar-refractivity contribution in [2.75, 3.05) is 11.1 Å². The van der Waals surface area contributed by atoms with Crippen LogP contribution < -0.4 is 11.1 Å². The van der Waals surface area contributed by atoms with Crippen LogP contribution in [0.1, 0.15) is 18.8 Å². The van der Waals surface area contributed by atoms with Gasteiger partial charge in [0.1, 0.15) is 0 Å². The highest BCUT2D eigenvalue weighted by Crippen LogP contribution is 2.23. The fourth-order valence-corrected chi connectivity index (χ4v) is 1.99. The summed E-state index contributed by atoms with van der Waals surface area (Å²) in [5.41, 5.74) is 7.44. The summed E-state index contributed by atoms with van der Waals surface area (Å²) in [6.07, 6.45) is 0. The van der Waals surface area contributed by atoms with Gasteiger partial charge in [-0.25, -0.2) is 0 Å². The third-order valence-electron chi connectivity index (χ3n) is 2.11. The van der Waals surface area contributed by atoms with Crippen LogP contribution in [-0.4, -0.2) is 20.6 Å². The van der Waals surface area contributed by atoms with Gasteiger partial charge in [-0.05, 0) is 47.7 Å². The molecule has 2 aromatic rings. The lowest BCUT2D eigenvalue weighted by Gasteiger charge is -2.13. The quantitative estimate of drug-likeness (QED) is 0.587. The Balaban J connectivity index is 2.15. The molecule has 0 aliphatic carbocycles. The van der Waals surface area contributed by atoms with Crippen LogP contribution in [0.5, 0.6) is 0 Å². The highest BCUT2D eigenvalue weighted by molar-refractivity contribution is 14.1. The van der Waals surface area contributed by atoms with E-state index in [1.807, 2.05) is 25.1 Å². The fourth-order valence-electron chi connectivity index (χ4n) is 1.30. The Kier molecular flexibility index (Phi) is 3.22. The molecule has 4 N–H and O–H groups in total. The second-order valence-corrected chi connectivity index (χ2v) is 4.54. The Morgan fingerprint density at radius 2 is 2.31 bits per heavy atom. The largest absolute Gasteiger partial charge is 0.399 e. The highest BCUT2D eigenvalue weighted by Gasteiger charge is 2.11. The molecule has 0 fully saturated rings. The molecule has 7 heteroatoms. The Hall–Kier alpha value is -1.38. The summed E-state index contributed by atoms with van der Waals surface area (Å²) in [6.45, 7) is 1.97. The number of tetrazole rings is 1. The summed E-state index contributed by atoms with van der Waals surface area (Å²) >= 11 is 2.23. The van der Waals surface area contributed by atoms with Crippen molar-refractivity contribution < 1.29 is 0 Å². The maximum absolute atomic E-state index is 5.68. The van der Waals surface area contributed by atoms with Gasteiger partial charge in [-0.1, -0.05) is 5.21 Å². The number of rotatable bonds is 3. The predicted octanol–water partition coefficient (Wildman–Crippen LogP) is 1.56. The van der Waals surface area contributed by atoms with Gasteiger partial charge in [0.25, 0.3) is 0 Å². The third-order valence-corrected chi connectivity index (χ3v) is 3.01. The molecule has 0 aliphatic heterocycles. The van der Waals surface area contributed by atoms with Gasteiger partial charge in [0, 0.05) is 14.9 Å². The van der Waals surface area contributed by atoms with Crippen molar-refractivity contribution in [1.82, 2.24) is 20.6 Å². The van der Waals surface area contributed by atoms with E-state index in [1.54, 1.807) is 0 Å². The molecule has 0 spiro atoms. The summed E-state index contributed by atoms with van der Waals surface area (Å²) in [6, 6.07) is 5.70. The van der Waals surface area contributed by atoms with Crippen molar-refractivity contribution in [2.45, 2.75) is 13.0 Å². The number of H-pyrrole nitrogens is 1. The first kappa shape index (κ1) is 11.1. The van der Waals surface area contributed by atoms with Crippen molar-refractivity contribution in [3.05, 3.63) is 27.6 Å². The van der Waals surface area contributed by atoms with E-state index in [-0.39, 0.29) is 6.04 Å². The zero-order valence-electron chi connectivity index (χ0n) is 8.61. The van der Waals surface area contributed by atoms with E-state index < -0.39 is 0 Å². The molecular formula is C9H11IN6. The number of anilines is 2. The number of aromatic amines is 1. The number of nitrogens with zero attached hydrogens (tertiary/aromatic N) is 3. The summed E-state index contributed by atoms with van der Waals surface area (Å²) in [7, 11) is 0. The van der Waals surface area contributed by atoms with E-state index in [2.05, 4.69) is 48.5 Å². The molecule has 0 aliphatic rings. The number of aromatic nitrogens is 4. The lowest BCUT2D eigenvalue weighted by molar-refractivity contribution is 0.793. The van der Waals surface area contributed by atoms with Crippen molar-refractivity contribution in [3.8, 4) is 0 Å². The van der Waals surface area contributed by atoms with Crippen LogP contribution in [0.2, 0.25) is 0 Å². The molecule has 16 heavy (non-hydrogen) atoms. The average molecular weight is 330 g/mol. The molecule has 84 valence electrons. The first-order valence-electron chi connectivity index (χ1n) is 4.71. The topological polar surface area (TPSA) is 92.5 Å². The number of hydrogen-bond acceptors (Lipinski definition) is 5. The lowest BCUT2D eigenvalue weighted by Crippen LogP contribution is -2.09. The zero-order chi connectivity index (χ0) is 11.5. The van der Waals surface area contributed by atoms with Crippen molar-refractivity contribution >= 4 is 34.0 Å². The van der Waals surface area contributed by atoms with Crippen LogP contribution >= 0.6 is 22.6 Å². The molecule has 1 heterocycles. The first-order chi connectivity index (χ1) is 7.66. The van der Waals surface area contributed by atoms with Crippen molar-refractivity contribution in [2.24, 2.45) is 0 Å². The van der Waals surface area contributed by atoms with E-state index >= 15 is 0 Å². The Morgan fingerprint density at radius 1 is 1.50 bits per heavy atom. The molecule has 6 nitrogen and oxygen atoms in total. The number of hydrogen-bond donors (Lipinski definition) is 3. The average Bonchev–Trinajstić information content (AvgIpc) is 2.75. The normalized spacial score (nSPS) is 12.4. The van der Waals surface area contributed by atoms with Crippen LogP contribution in [0.25, 0.3) is 0 Å². The van der Waals surface area contributed by atoms with Crippen LogP contribution in [0, 0.1) is 3.57 Å². The molecule has 1 aromatic carbocycles. The van der Waals surface area contributed by atoms with Gasteiger partial charge in [-0.3, -0.25) is 0 Å². The van der Waals surface area contributed by atoms with Gasteiger partial charge in [-0.15, -0.1) is 10.2 Å². The van der Waals surface area contributed by atoms with E-state index in [4.69, 9.17) is 5.73 Å². The van der Waals surface area contributed by atoms with Crippen LogP contribution in [0.4, 0.5) is 11.4 Å². The molecule has 0 saturated heterocycles. The predicted molar refractivity (Wildman–Crippen MR) is 69.8 cm³/mol. The van der Waals surface area contributed by atoms with E-state index in [9.17, 15) is 0 Å². The van der Waals surface area contributed by atoms with Gasteiger partial charge in [0.2, 0.25) is 0 Å². The molecule has 2 rings (SSSR count). The molecular weight excluding hydrogens is 319 g/mol. The smallest absolute Gasteiger partial charge is 0.196 e. The van der Waals surface area contributed by atoms with Gasteiger partial charge in [-0.2, -0.15) is 5.21 Å². The lowest BCUT2D eigenvalue weighted by atomic mass is 10.2. The van der Waals surface area contributed by atoms with Gasteiger partial charge >= 0.3 is 0 Å². The first-order valence-corrected chi connectivity index (χ1v) is 5.79. The van der Waals surface area contributed by atoms with Gasteiger partial charge in [0.15, 0.2) is 5.82 Å². The molecule has 0 amide bonds. The van der Waals surface area contributed by atoms with Gasteiger partial charge < -0.3 is 11.1 Å². The van der Waals surface area contributed by atoms with Crippen molar-refractivity contribution in [1.29, 1.82) is 0 Å². The number of nitrogens with two attached hydrogens (primary N) is 1. The highest BCUT2D eigenvalue weighted by atomic mass is 127. The van der Waals surface area contributed by atoms with Gasteiger partial charge in [0.05, 0.1) is 6.04 Å².